The number of fused-ring (bicyclic) bond motifs is 1. The van der Waals surface area contributed by atoms with Crippen LogP contribution in [0.4, 0.5) is 0 Å². The molecule has 0 amide bonds. The third kappa shape index (κ3) is 3.33. The van der Waals surface area contributed by atoms with Crippen LogP contribution in [0.2, 0.25) is 0 Å². The van der Waals surface area contributed by atoms with E-state index in [1.807, 2.05) is 30.3 Å². The summed E-state index contributed by atoms with van der Waals surface area (Å²) in [5.74, 6) is -0.958. The Labute approximate surface area is 117 Å². The van der Waals surface area contributed by atoms with Crippen LogP contribution in [0.25, 0.3) is 0 Å². The van der Waals surface area contributed by atoms with Crippen molar-refractivity contribution < 1.29 is 14.6 Å². The average Bonchev–Trinajstić information content (AvgIpc) is 2.93. The molecule has 20 heavy (non-hydrogen) atoms. The van der Waals surface area contributed by atoms with E-state index in [0.717, 1.165) is 0 Å². The highest BCUT2D eigenvalue weighted by Gasteiger charge is 2.30. The molecule has 0 fully saturated rings. The van der Waals surface area contributed by atoms with E-state index in [4.69, 9.17) is 15.6 Å². The van der Waals surface area contributed by atoms with E-state index in [1.165, 1.54) is 5.56 Å². The van der Waals surface area contributed by atoms with Crippen molar-refractivity contribution in [2.75, 3.05) is 6.61 Å². The second-order valence-corrected chi connectivity index (χ2v) is 4.29. The summed E-state index contributed by atoms with van der Waals surface area (Å²) in [7, 11) is 0. The van der Waals surface area contributed by atoms with Crippen molar-refractivity contribution in [1.29, 1.82) is 0 Å². The highest BCUT2D eigenvalue weighted by Crippen LogP contribution is 2.31. The van der Waals surface area contributed by atoms with Gasteiger partial charge in [0.25, 0.3) is 0 Å². The molecule has 1 aliphatic heterocycles. The summed E-state index contributed by atoms with van der Waals surface area (Å²) in [6.07, 6.45) is 1.59. The number of carboxylic acids is 1. The summed E-state index contributed by atoms with van der Waals surface area (Å²) in [5.41, 5.74) is 7.21. The lowest BCUT2D eigenvalue weighted by Crippen LogP contribution is -2.12. The molecule has 1 unspecified atom stereocenters. The van der Waals surface area contributed by atoms with E-state index in [-0.39, 0.29) is 6.61 Å². The maximum Gasteiger partial charge on any atom is 0.314 e. The van der Waals surface area contributed by atoms with Crippen LogP contribution in [0, 0.1) is 0 Å². The van der Waals surface area contributed by atoms with Crippen molar-refractivity contribution >= 4 is 5.97 Å². The first-order valence-electron chi connectivity index (χ1n) is 6.27. The van der Waals surface area contributed by atoms with Gasteiger partial charge >= 0.3 is 5.97 Å². The molecular weight excluding hydrogens is 256 g/mol. The molecule has 104 valence electrons. The number of nitrogens with two attached hydrogens (primary N) is 1. The summed E-state index contributed by atoms with van der Waals surface area (Å²) in [5, 5.41) is 8.75. The van der Waals surface area contributed by atoms with Gasteiger partial charge in [-0.05, 0) is 11.6 Å². The van der Waals surface area contributed by atoms with Gasteiger partial charge in [-0.15, -0.1) is 0 Å². The van der Waals surface area contributed by atoms with Crippen LogP contribution in [0.5, 0.6) is 5.88 Å². The highest BCUT2D eigenvalue weighted by molar-refractivity contribution is 5.78. The number of nitrogens with zero attached hydrogens (tertiary/aromatic N) is 1. The molecule has 1 atom stereocenters. The van der Waals surface area contributed by atoms with E-state index >= 15 is 0 Å². The third-order valence-electron chi connectivity index (χ3n) is 2.94. The topological polar surface area (TPSA) is 85.4 Å². The summed E-state index contributed by atoms with van der Waals surface area (Å²) in [6, 6.07) is 13.4. The van der Waals surface area contributed by atoms with Gasteiger partial charge in [0.15, 0.2) is 0 Å². The third-order valence-corrected chi connectivity index (χ3v) is 2.94. The van der Waals surface area contributed by atoms with Gasteiger partial charge in [0.2, 0.25) is 5.88 Å². The van der Waals surface area contributed by atoms with Crippen molar-refractivity contribution in [3.05, 3.63) is 59.8 Å². The smallest absolute Gasteiger partial charge is 0.314 e. The SMILES string of the molecule is NCc1ccccc1.O=C(O)C1COc2ncccc21. The van der Waals surface area contributed by atoms with Crippen LogP contribution >= 0.6 is 0 Å². The van der Waals surface area contributed by atoms with Gasteiger partial charge in [-0.25, -0.2) is 4.98 Å². The number of pyridine rings is 1. The molecule has 0 bridgehead atoms. The van der Waals surface area contributed by atoms with E-state index in [9.17, 15) is 4.79 Å². The molecule has 0 saturated carbocycles. The Morgan fingerprint density at radius 1 is 1.30 bits per heavy atom. The predicted molar refractivity (Wildman–Crippen MR) is 74.4 cm³/mol. The summed E-state index contributed by atoms with van der Waals surface area (Å²) in [4.78, 5) is 14.6. The molecular formula is C15H16N2O3. The number of benzene rings is 1. The molecule has 0 aliphatic carbocycles. The van der Waals surface area contributed by atoms with E-state index < -0.39 is 11.9 Å². The van der Waals surface area contributed by atoms with Crippen molar-refractivity contribution in [3.8, 4) is 5.88 Å². The number of carbonyl (C=O) groups is 1. The van der Waals surface area contributed by atoms with Crippen molar-refractivity contribution in [2.24, 2.45) is 5.73 Å². The molecule has 5 heteroatoms. The minimum atomic E-state index is -0.859. The van der Waals surface area contributed by atoms with Crippen LogP contribution in [0.3, 0.4) is 0 Å². The van der Waals surface area contributed by atoms with Gasteiger partial charge < -0.3 is 15.6 Å². The average molecular weight is 272 g/mol. The molecule has 0 saturated heterocycles. The quantitative estimate of drug-likeness (QED) is 0.870. The standard InChI is InChI=1S/C8H7NO3.C7H9N/c10-8(11)6-4-12-7-5(6)2-1-3-9-7;8-6-7-4-2-1-3-5-7/h1-3,6H,4H2,(H,10,11);1-5H,6,8H2. The Morgan fingerprint density at radius 2 is 2.05 bits per heavy atom. The number of ether oxygens (including phenoxy) is 1. The Balaban J connectivity index is 0.000000160. The van der Waals surface area contributed by atoms with Gasteiger partial charge in [-0.3, -0.25) is 4.79 Å². The van der Waals surface area contributed by atoms with Gasteiger partial charge in [0.05, 0.1) is 0 Å². The molecule has 3 rings (SSSR count). The summed E-state index contributed by atoms with van der Waals surface area (Å²) in [6.45, 7) is 0.836. The first kappa shape index (κ1) is 14.0. The Kier molecular flexibility index (Phi) is 4.68. The fourth-order valence-electron chi connectivity index (χ4n) is 1.86. The predicted octanol–water partition coefficient (Wildman–Crippen LogP) is 1.79. The van der Waals surface area contributed by atoms with Gasteiger partial charge in [-0.1, -0.05) is 36.4 Å². The normalized spacial score (nSPS) is 15.6. The fourth-order valence-corrected chi connectivity index (χ4v) is 1.86. The molecule has 0 radical (unpaired) electrons. The number of hydrogen-bond acceptors (Lipinski definition) is 4. The molecule has 2 heterocycles. The molecule has 3 N–H and O–H groups in total. The van der Waals surface area contributed by atoms with Crippen LogP contribution in [-0.2, 0) is 11.3 Å². The van der Waals surface area contributed by atoms with Crippen molar-refractivity contribution in [1.82, 2.24) is 4.98 Å². The second-order valence-electron chi connectivity index (χ2n) is 4.29. The Morgan fingerprint density at radius 3 is 2.65 bits per heavy atom. The van der Waals surface area contributed by atoms with Crippen LogP contribution in [0.15, 0.2) is 48.7 Å². The van der Waals surface area contributed by atoms with Crippen molar-refractivity contribution in [3.63, 3.8) is 0 Å². The first-order chi connectivity index (χ1) is 9.72. The van der Waals surface area contributed by atoms with E-state index in [0.29, 0.717) is 18.0 Å². The lowest BCUT2D eigenvalue weighted by Gasteiger charge is -1.99. The zero-order valence-electron chi connectivity index (χ0n) is 10.9. The Hall–Kier alpha value is -2.40. The maximum atomic E-state index is 10.7. The van der Waals surface area contributed by atoms with Crippen LogP contribution in [-0.4, -0.2) is 22.7 Å². The Bertz CT molecular complexity index is 572. The summed E-state index contributed by atoms with van der Waals surface area (Å²) >= 11 is 0. The highest BCUT2D eigenvalue weighted by atomic mass is 16.5. The second kappa shape index (κ2) is 6.68. The zero-order valence-corrected chi connectivity index (χ0v) is 10.9. The lowest BCUT2D eigenvalue weighted by atomic mass is 10.0. The largest absolute Gasteiger partial charge is 0.481 e. The number of hydrogen-bond donors (Lipinski definition) is 2. The van der Waals surface area contributed by atoms with Crippen LogP contribution < -0.4 is 10.5 Å². The molecule has 1 aliphatic rings. The monoisotopic (exact) mass is 272 g/mol. The molecule has 1 aromatic heterocycles. The fraction of sp³-hybridized carbons (Fsp3) is 0.200. The lowest BCUT2D eigenvalue weighted by molar-refractivity contribution is -0.138. The number of aromatic nitrogens is 1. The van der Waals surface area contributed by atoms with Gasteiger partial charge in [0, 0.05) is 18.3 Å². The summed E-state index contributed by atoms with van der Waals surface area (Å²) < 4.78 is 5.08. The first-order valence-corrected chi connectivity index (χ1v) is 6.27. The maximum absolute atomic E-state index is 10.7. The number of aliphatic carboxylic acids is 1. The molecule has 0 spiro atoms. The zero-order chi connectivity index (χ0) is 14.4. The van der Waals surface area contributed by atoms with Gasteiger partial charge in [0.1, 0.15) is 12.5 Å². The molecule has 5 nitrogen and oxygen atoms in total. The van der Waals surface area contributed by atoms with E-state index in [1.54, 1.807) is 18.3 Å². The number of carboxylic acid groups (broad SMARTS) is 1. The minimum Gasteiger partial charge on any atom is -0.481 e. The van der Waals surface area contributed by atoms with Gasteiger partial charge in [-0.2, -0.15) is 0 Å². The molecule has 2 aromatic rings. The minimum absolute atomic E-state index is 0.196. The van der Waals surface area contributed by atoms with Crippen molar-refractivity contribution in [2.45, 2.75) is 12.5 Å². The van der Waals surface area contributed by atoms with Crippen LogP contribution in [0.1, 0.15) is 17.0 Å². The molecule has 1 aromatic carbocycles. The van der Waals surface area contributed by atoms with E-state index in [2.05, 4.69) is 4.98 Å². The number of rotatable bonds is 2.